The molecule has 0 aliphatic rings. The van der Waals surface area contributed by atoms with Gasteiger partial charge in [0.05, 0.1) is 13.1 Å². The molecule has 2 heteroatoms. The first-order valence-corrected chi connectivity index (χ1v) is 7.40. The van der Waals surface area contributed by atoms with Crippen molar-refractivity contribution in [3.63, 3.8) is 0 Å². The number of nitrogens with zero attached hydrogens (tertiary/aromatic N) is 2. The molecule has 0 spiro atoms. The molecule has 1 heterocycles. The minimum Gasteiger partial charge on any atom is -0.234 e. The number of unbranched alkanes of at least 4 members (excludes halogenated alkanes) is 3. The number of hydrogen-bond acceptors (Lipinski definition) is 0. The monoisotopic (exact) mass is 237 g/mol. The van der Waals surface area contributed by atoms with Crippen LogP contribution in [0, 0.1) is 0 Å². The van der Waals surface area contributed by atoms with Gasteiger partial charge in [-0.15, -0.1) is 0 Å². The molecular weight excluding hydrogens is 208 g/mol. The van der Waals surface area contributed by atoms with Crippen molar-refractivity contribution in [2.24, 2.45) is 0 Å². The van der Waals surface area contributed by atoms with Crippen LogP contribution in [0.1, 0.15) is 65.1 Å². The van der Waals surface area contributed by atoms with Crippen LogP contribution in [0.25, 0.3) is 0 Å². The maximum Gasteiger partial charge on any atom is 0.256 e. The van der Waals surface area contributed by atoms with Crippen molar-refractivity contribution in [2.45, 2.75) is 78.8 Å². The molecule has 1 rings (SSSR count). The number of rotatable bonds is 9. The lowest BCUT2D eigenvalue weighted by molar-refractivity contribution is -0.703. The zero-order chi connectivity index (χ0) is 12.5. The molecule has 1 aromatic heterocycles. The molecule has 0 saturated heterocycles. The molecule has 0 aliphatic carbocycles. The molecule has 0 fully saturated rings. The minimum absolute atomic E-state index is 1.16. The van der Waals surface area contributed by atoms with Gasteiger partial charge in [-0.3, -0.25) is 0 Å². The summed E-state index contributed by atoms with van der Waals surface area (Å²) in [7, 11) is 0. The average molecular weight is 237 g/mol. The topological polar surface area (TPSA) is 8.81 Å². The molecule has 0 unspecified atom stereocenters. The van der Waals surface area contributed by atoms with Crippen molar-refractivity contribution < 1.29 is 4.57 Å². The normalized spacial score (nSPS) is 11.0. The van der Waals surface area contributed by atoms with Crippen LogP contribution >= 0.6 is 0 Å². The molecule has 17 heavy (non-hydrogen) atoms. The predicted molar refractivity (Wildman–Crippen MR) is 73.1 cm³/mol. The minimum atomic E-state index is 1.16. The summed E-state index contributed by atoms with van der Waals surface area (Å²) in [6, 6.07) is 0. The molecule has 2 nitrogen and oxygen atoms in total. The SMILES string of the molecule is CCCCCCn1cc[n+](CCC)c1CCC. The second-order valence-corrected chi connectivity index (χ2v) is 4.91. The standard InChI is InChI=1S/C15H29N2/c1-4-7-8-9-12-17-14-13-16(11-6-3)15(17)10-5-2/h13-14H,4-12H2,1-3H3/q+1. The van der Waals surface area contributed by atoms with Gasteiger partial charge in [0.25, 0.3) is 5.82 Å². The average Bonchev–Trinajstić information content (AvgIpc) is 2.69. The molecule has 0 aliphatic heterocycles. The van der Waals surface area contributed by atoms with Gasteiger partial charge in [0.15, 0.2) is 0 Å². The zero-order valence-corrected chi connectivity index (χ0v) is 11.9. The highest BCUT2D eigenvalue weighted by molar-refractivity contribution is 4.83. The Hall–Kier alpha value is -0.790. The van der Waals surface area contributed by atoms with E-state index in [1.54, 1.807) is 0 Å². The van der Waals surface area contributed by atoms with Crippen LogP contribution in [0.15, 0.2) is 12.4 Å². The highest BCUT2D eigenvalue weighted by Gasteiger charge is 2.14. The number of hydrogen-bond donors (Lipinski definition) is 0. The first kappa shape index (κ1) is 14.3. The molecular formula is C15H29N2+. The van der Waals surface area contributed by atoms with Crippen LogP contribution in [0.5, 0.6) is 0 Å². The second kappa shape index (κ2) is 8.32. The van der Waals surface area contributed by atoms with Crippen LogP contribution in [0.3, 0.4) is 0 Å². The van der Waals surface area contributed by atoms with Crippen LogP contribution in [-0.2, 0) is 19.5 Å². The van der Waals surface area contributed by atoms with Gasteiger partial charge in [-0.1, -0.05) is 33.6 Å². The largest absolute Gasteiger partial charge is 0.256 e. The summed E-state index contributed by atoms with van der Waals surface area (Å²) < 4.78 is 4.90. The molecule has 0 atom stereocenters. The van der Waals surface area contributed by atoms with Gasteiger partial charge in [-0.2, -0.15) is 0 Å². The molecule has 1 aromatic rings. The van der Waals surface area contributed by atoms with E-state index in [9.17, 15) is 0 Å². The third-order valence-electron chi connectivity index (χ3n) is 3.28. The maximum absolute atomic E-state index is 2.47. The van der Waals surface area contributed by atoms with Crippen LogP contribution in [0.2, 0.25) is 0 Å². The van der Waals surface area contributed by atoms with E-state index < -0.39 is 0 Å². The predicted octanol–water partition coefficient (Wildman–Crippen LogP) is 3.72. The second-order valence-electron chi connectivity index (χ2n) is 4.91. The first-order valence-electron chi connectivity index (χ1n) is 7.40. The molecule has 0 aromatic carbocycles. The van der Waals surface area contributed by atoms with Crippen molar-refractivity contribution in [1.29, 1.82) is 0 Å². The smallest absolute Gasteiger partial charge is 0.234 e. The highest BCUT2D eigenvalue weighted by atomic mass is 15.1. The Labute approximate surface area is 107 Å². The summed E-state index contributed by atoms with van der Waals surface area (Å²) in [5, 5.41) is 0. The van der Waals surface area contributed by atoms with Crippen LogP contribution in [-0.4, -0.2) is 4.57 Å². The lowest BCUT2D eigenvalue weighted by Gasteiger charge is -2.03. The molecule has 0 radical (unpaired) electrons. The molecule has 0 saturated carbocycles. The van der Waals surface area contributed by atoms with Crippen LogP contribution in [0.4, 0.5) is 0 Å². The number of imidazole rings is 1. The fourth-order valence-electron chi connectivity index (χ4n) is 2.37. The van der Waals surface area contributed by atoms with Gasteiger partial charge < -0.3 is 0 Å². The van der Waals surface area contributed by atoms with Gasteiger partial charge in [0.2, 0.25) is 0 Å². The van der Waals surface area contributed by atoms with E-state index >= 15 is 0 Å². The molecule has 0 amide bonds. The van der Waals surface area contributed by atoms with Gasteiger partial charge in [0, 0.05) is 6.42 Å². The summed E-state index contributed by atoms with van der Waals surface area (Å²) in [5.41, 5.74) is 0. The lowest BCUT2D eigenvalue weighted by Crippen LogP contribution is -2.37. The number of aromatic nitrogens is 2. The summed E-state index contributed by atoms with van der Waals surface area (Å²) in [6.45, 7) is 9.16. The van der Waals surface area contributed by atoms with Crippen molar-refractivity contribution in [2.75, 3.05) is 0 Å². The zero-order valence-electron chi connectivity index (χ0n) is 11.9. The Morgan fingerprint density at radius 2 is 1.82 bits per heavy atom. The summed E-state index contributed by atoms with van der Waals surface area (Å²) >= 11 is 0. The van der Waals surface area contributed by atoms with Crippen LogP contribution < -0.4 is 4.57 Å². The Bertz CT molecular complexity index is 302. The van der Waals surface area contributed by atoms with E-state index in [-0.39, 0.29) is 0 Å². The first-order chi connectivity index (χ1) is 8.33. The maximum atomic E-state index is 2.47. The quantitative estimate of drug-likeness (QED) is 0.457. The van der Waals surface area contributed by atoms with Crippen molar-refractivity contribution in [3.05, 3.63) is 18.2 Å². The van der Waals surface area contributed by atoms with Gasteiger partial charge in [-0.25, -0.2) is 9.13 Å². The summed E-state index contributed by atoms with van der Waals surface area (Å²) in [6.07, 6.45) is 13.6. The Balaban J connectivity index is 2.56. The summed E-state index contributed by atoms with van der Waals surface area (Å²) in [4.78, 5) is 0. The van der Waals surface area contributed by atoms with E-state index in [1.165, 1.54) is 57.3 Å². The van der Waals surface area contributed by atoms with E-state index in [0.29, 0.717) is 0 Å². The van der Waals surface area contributed by atoms with E-state index in [0.717, 1.165) is 6.54 Å². The third kappa shape index (κ3) is 4.53. The Kier molecular flexibility index (Phi) is 6.99. The lowest BCUT2D eigenvalue weighted by atomic mass is 10.2. The van der Waals surface area contributed by atoms with Crippen molar-refractivity contribution in [1.82, 2.24) is 4.57 Å². The third-order valence-corrected chi connectivity index (χ3v) is 3.28. The van der Waals surface area contributed by atoms with Crippen molar-refractivity contribution in [3.8, 4) is 0 Å². The van der Waals surface area contributed by atoms with Crippen molar-refractivity contribution >= 4 is 0 Å². The van der Waals surface area contributed by atoms with E-state index in [2.05, 4.69) is 42.3 Å². The van der Waals surface area contributed by atoms with Gasteiger partial charge >= 0.3 is 0 Å². The van der Waals surface area contributed by atoms with E-state index in [4.69, 9.17) is 0 Å². The molecule has 0 bridgehead atoms. The molecule has 98 valence electrons. The fourth-order valence-corrected chi connectivity index (χ4v) is 2.37. The highest BCUT2D eigenvalue weighted by Crippen LogP contribution is 2.05. The number of aryl methyl sites for hydroxylation is 2. The Morgan fingerprint density at radius 1 is 1.00 bits per heavy atom. The fraction of sp³-hybridized carbons (Fsp3) is 0.800. The van der Waals surface area contributed by atoms with Gasteiger partial charge in [-0.05, 0) is 25.7 Å². The van der Waals surface area contributed by atoms with E-state index in [1.807, 2.05) is 0 Å². The van der Waals surface area contributed by atoms with Gasteiger partial charge in [0.1, 0.15) is 12.4 Å². The summed E-state index contributed by atoms with van der Waals surface area (Å²) in [5.74, 6) is 1.52. The Morgan fingerprint density at radius 3 is 2.47 bits per heavy atom. The molecule has 0 N–H and O–H groups in total.